The average molecular weight is 347 g/mol. The molecule has 3 aromatic rings. The van der Waals surface area contributed by atoms with Crippen LogP contribution in [0.3, 0.4) is 0 Å². The molecule has 0 N–H and O–H groups in total. The normalized spacial score (nSPS) is 11.7. The third kappa shape index (κ3) is 4.24. The van der Waals surface area contributed by atoms with Crippen molar-refractivity contribution in [3.63, 3.8) is 0 Å². The molecule has 0 aliphatic rings. The molecule has 0 aliphatic carbocycles. The van der Waals surface area contributed by atoms with Gasteiger partial charge in [0.1, 0.15) is 6.61 Å². The lowest BCUT2D eigenvalue weighted by molar-refractivity contribution is -0.137. The Morgan fingerprint density at radius 1 is 0.960 bits per heavy atom. The molecule has 2 aromatic carbocycles. The minimum atomic E-state index is -4.35. The zero-order valence-electron chi connectivity index (χ0n) is 13.5. The summed E-state index contributed by atoms with van der Waals surface area (Å²) in [5.74, 6) is 0.973. The zero-order valence-corrected chi connectivity index (χ0v) is 13.5. The standard InChI is InChI=1S/C18H16F3N3O/c1-24-16(12-25-11-13-5-3-2-4-6-13)22-17(23-24)14-7-9-15(10-8-14)18(19,20)21/h2-10H,11-12H2,1H3. The Balaban J connectivity index is 1.67. The third-order valence-corrected chi connectivity index (χ3v) is 3.67. The molecule has 4 nitrogen and oxygen atoms in total. The zero-order chi connectivity index (χ0) is 17.9. The summed E-state index contributed by atoms with van der Waals surface area (Å²) in [6, 6.07) is 14.5. The largest absolute Gasteiger partial charge is 0.416 e. The molecule has 0 atom stereocenters. The number of halogens is 3. The maximum Gasteiger partial charge on any atom is 0.416 e. The summed E-state index contributed by atoms with van der Waals surface area (Å²) in [5, 5.41) is 4.24. The molecule has 1 aromatic heterocycles. The summed E-state index contributed by atoms with van der Waals surface area (Å²) in [7, 11) is 1.72. The van der Waals surface area contributed by atoms with Crippen molar-refractivity contribution in [1.29, 1.82) is 0 Å². The Morgan fingerprint density at radius 2 is 1.64 bits per heavy atom. The molecule has 0 saturated heterocycles. The van der Waals surface area contributed by atoms with Gasteiger partial charge in [-0.05, 0) is 17.7 Å². The second-order valence-electron chi connectivity index (χ2n) is 5.53. The van der Waals surface area contributed by atoms with Crippen molar-refractivity contribution in [3.8, 4) is 11.4 Å². The highest BCUT2D eigenvalue weighted by Gasteiger charge is 2.30. The maximum absolute atomic E-state index is 12.6. The molecule has 0 amide bonds. The van der Waals surface area contributed by atoms with E-state index in [0.29, 0.717) is 23.8 Å². The van der Waals surface area contributed by atoms with Crippen LogP contribution < -0.4 is 0 Å². The molecule has 0 aliphatic heterocycles. The van der Waals surface area contributed by atoms with Crippen molar-refractivity contribution in [2.24, 2.45) is 7.05 Å². The van der Waals surface area contributed by atoms with Crippen molar-refractivity contribution < 1.29 is 17.9 Å². The van der Waals surface area contributed by atoms with Crippen LogP contribution >= 0.6 is 0 Å². The number of hydrogen-bond acceptors (Lipinski definition) is 3. The van der Waals surface area contributed by atoms with Crippen molar-refractivity contribution >= 4 is 0 Å². The molecule has 0 radical (unpaired) electrons. The van der Waals surface area contributed by atoms with Crippen LogP contribution in [-0.2, 0) is 31.2 Å². The van der Waals surface area contributed by atoms with Crippen LogP contribution in [0.1, 0.15) is 17.0 Å². The molecular formula is C18H16F3N3O. The van der Waals surface area contributed by atoms with Crippen molar-refractivity contribution in [2.45, 2.75) is 19.4 Å². The van der Waals surface area contributed by atoms with E-state index in [1.807, 2.05) is 30.3 Å². The second-order valence-corrected chi connectivity index (χ2v) is 5.53. The first-order valence-corrected chi connectivity index (χ1v) is 7.63. The highest BCUT2D eigenvalue weighted by molar-refractivity contribution is 5.55. The molecule has 25 heavy (non-hydrogen) atoms. The predicted molar refractivity (Wildman–Crippen MR) is 86.4 cm³/mol. The Bertz CT molecular complexity index is 827. The molecule has 130 valence electrons. The topological polar surface area (TPSA) is 39.9 Å². The van der Waals surface area contributed by atoms with Crippen LogP contribution in [0.5, 0.6) is 0 Å². The molecule has 0 bridgehead atoms. The first-order valence-electron chi connectivity index (χ1n) is 7.63. The number of aryl methyl sites for hydroxylation is 1. The molecule has 0 saturated carbocycles. The number of alkyl halides is 3. The summed E-state index contributed by atoms with van der Waals surface area (Å²) in [6.07, 6.45) is -4.35. The lowest BCUT2D eigenvalue weighted by Crippen LogP contribution is -2.04. The first-order chi connectivity index (χ1) is 11.9. The van der Waals surface area contributed by atoms with Crippen LogP contribution in [0.2, 0.25) is 0 Å². The quantitative estimate of drug-likeness (QED) is 0.694. The average Bonchev–Trinajstić information content (AvgIpc) is 2.96. The number of benzene rings is 2. The minimum Gasteiger partial charge on any atom is -0.369 e. The van der Waals surface area contributed by atoms with Gasteiger partial charge in [-0.25, -0.2) is 4.98 Å². The van der Waals surface area contributed by atoms with E-state index >= 15 is 0 Å². The summed E-state index contributed by atoms with van der Waals surface area (Å²) >= 11 is 0. The van der Waals surface area contributed by atoms with E-state index in [0.717, 1.165) is 17.7 Å². The van der Waals surface area contributed by atoms with Gasteiger partial charge in [0.25, 0.3) is 0 Å². The highest BCUT2D eigenvalue weighted by atomic mass is 19.4. The Kier molecular flexibility index (Phi) is 4.85. The molecular weight excluding hydrogens is 331 g/mol. The van der Waals surface area contributed by atoms with E-state index in [4.69, 9.17) is 4.74 Å². The first kappa shape index (κ1) is 17.2. The van der Waals surface area contributed by atoms with E-state index in [1.165, 1.54) is 12.1 Å². The smallest absolute Gasteiger partial charge is 0.369 e. The third-order valence-electron chi connectivity index (χ3n) is 3.67. The maximum atomic E-state index is 12.6. The Labute approximate surface area is 142 Å². The van der Waals surface area contributed by atoms with Gasteiger partial charge in [-0.15, -0.1) is 0 Å². The summed E-state index contributed by atoms with van der Waals surface area (Å²) in [4.78, 5) is 4.35. The fourth-order valence-corrected chi connectivity index (χ4v) is 2.31. The van der Waals surface area contributed by atoms with Crippen molar-refractivity contribution in [1.82, 2.24) is 14.8 Å². The van der Waals surface area contributed by atoms with Crippen LogP contribution in [0.4, 0.5) is 13.2 Å². The molecule has 0 spiro atoms. The van der Waals surface area contributed by atoms with E-state index in [-0.39, 0.29) is 6.61 Å². The number of ether oxygens (including phenoxy) is 1. The number of nitrogens with zero attached hydrogens (tertiary/aromatic N) is 3. The molecule has 3 rings (SSSR count). The van der Waals surface area contributed by atoms with E-state index < -0.39 is 11.7 Å². The second kappa shape index (κ2) is 7.06. The summed E-state index contributed by atoms with van der Waals surface area (Å²) in [5.41, 5.74) is 0.879. The van der Waals surface area contributed by atoms with Crippen LogP contribution in [-0.4, -0.2) is 14.8 Å². The van der Waals surface area contributed by atoms with Crippen LogP contribution in [0.15, 0.2) is 54.6 Å². The fourth-order valence-electron chi connectivity index (χ4n) is 2.31. The van der Waals surface area contributed by atoms with Gasteiger partial charge in [-0.3, -0.25) is 4.68 Å². The van der Waals surface area contributed by atoms with Gasteiger partial charge in [-0.1, -0.05) is 42.5 Å². The number of aromatic nitrogens is 3. The van der Waals surface area contributed by atoms with E-state index in [1.54, 1.807) is 11.7 Å². The van der Waals surface area contributed by atoms with Crippen molar-refractivity contribution in [2.75, 3.05) is 0 Å². The lowest BCUT2D eigenvalue weighted by atomic mass is 10.1. The van der Waals surface area contributed by atoms with E-state index in [2.05, 4.69) is 10.1 Å². The van der Waals surface area contributed by atoms with Gasteiger partial charge < -0.3 is 4.74 Å². The summed E-state index contributed by atoms with van der Waals surface area (Å²) in [6.45, 7) is 0.711. The molecule has 0 unspecified atom stereocenters. The molecule has 1 heterocycles. The van der Waals surface area contributed by atoms with Gasteiger partial charge in [0.2, 0.25) is 0 Å². The van der Waals surface area contributed by atoms with Crippen molar-refractivity contribution in [3.05, 3.63) is 71.5 Å². The Morgan fingerprint density at radius 3 is 2.28 bits per heavy atom. The monoisotopic (exact) mass is 347 g/mol. The predicted octanol–water partition coefficient (Wildman–Crippen LogP) is 4.22. The van der Waals surface area contributed by atoms with Crippen LogP contribution in [0.25, 0.3) is 11.4 Å². The van der Waals surface area contributed by atoms with E-state index in [9.17, 15) is 13.2 Å². The molecule has 0 fully saturated rings. The number of rotatable bonds is 5. The number of hydrogen-bond donors (Lipinski definition) is 0. The van der Waals surface area contributed by atoms with Gasteiger partial charge in [-0.2, -0.15) is 18.3 Å². The summed E-state index contributed by atoms with van der Waals surface area (Å²) < 4.78 is 45.0. The van der Waals surface area contributed by atoms with Gasteiger partial charge in [0.05, 0.1) is 12.2 Å². The van der Waals surface area contributed by atoms with Crippen LogP contribution in [0, 0.1) is 0 Å². The van der Waals surface area contributed by atoms with Gasteiger partial charge in [0.15, 0.2) is 11.6 Å². The Hall–Kier alpha value is -2.67. The lowest BCUT2D eigenvalue weighted by Gasteiger charge is -2.06. The minimum absolute atomic E-state index is 0.263. The fraction of sp³-hybridized carbons (Fsp3) is 0.222. The highest BCUT2D eigenvalue weighted by Crippen LogP contribution is 2.30. The van der Waals surface area contributed by atoms with Gasteiger partial charge in [0, 0.05) is 12.6 Å². The molecule has 7 heteroatoms. The SMILES string of the molecule is Cn1nc(-c2ccc(C(F)(F)F)cc2)nc1COCc1ccccc1. The van der Waals surface area contributed by atoms with Gasteiger partial charge >= 0.3 is 6.18 Å².